The SMILES string of the molecule is CC(C)CCCCCCCCCCCCC=CCCC=CCCCC(=O)OC[C@@H](O)CO. The number of ether oxygens (including phenoxy) is 1. The van der Waals surface area contributed by atoms with Gasteiger partial charge in [-0.2, -0.15) is 0 Å². The highest BCUT2D eigenvalue weighted by molar-refractivity contribution is 5.69. The third-order valence-corrected chi connectivity index (χ3v) is 5.63. The quantitative estimate of drug-likeness (QED) is 0.0970. The Hall–Kier alpha value is -1.13. The fourth-order valence-electron chi connectivity index (χ4n) is 3.57. The van der Waals surface area contributed by atoms with E-state index in [4.69, 9.17) is 14.9 Å². The van der Waals surface area contributed by atoms with E-state index in [-0.39, 0.29) is 19.2 Å². The van der Waals surface area contributed by atoms with Gasteiger partial charge in [-0.25, -0.2) is 0 Å². The van der Waals surface area contributed by atoms with E-state index < -0.39 is 6.10 Å². The molecule has 0 saturated carbocycles. The lowest BCUT2D eigenvalue weighted by molar-refractivity contribution is -0.147. The van der Waals surface area contributed by atoms with Crippen LogP contribution in [0.15, 0.2) is 24.3 Å². The van der Waals surface area contributed by atoms with E-state index in [0.717, 1.165) is 31.6 Å². The first-order valence-electron chi connectivity index (χ1n) is 13.3. The van der Waals surface area contributed by atoms with E-state index in [2.05, 4.69) is 38.2 Å². The van der Waals surface area contributed by atoms with E-state index in [0.29, 0.717) is 6.42 Å². The third kappa shape index (κ3) is 25.1. The standard InChI is InChI=1S/C28H52O4/c1-26(2)22-20-18-16-14-12-10-8-6-4-3-5-7-9-11-13-15-17-19-21-23-28(31)32-25-27(30)24-29/h7,9,15,17,26-27,29-30H,3-6,8,10-14,16,18-25H2,1-2H3/t27-/m0/s1. The van der Waals surface area contributed by atoms with Crippen molar-refractivity contribution < 1.29 is 19.7 Å². The van der Waals surface area contributed by atoms with Crippen LogP contribution in [0.3, 0.4) is 0 Å². The number of allylic oxidation sites excluding steroid dienone is 4. The molecule has 188 valence electrons. The number of rotatable bonds is 23. The Morgan fingerprint density at radius 1 is 0.719 bits per heavy atom. The smallest absolute Gasteiger partial charge is 0.305 e. The molecule has 0 fully saturated rings. The van der Waals surface area contributed by atoms with Crippen molar-refractivity contribution in [1.29, 1.82) is 0 Å². The van der Waals surface area contributed by atoms with Crippen molar-refractivity contribution in [2.75, 3.05) is 13.2 Å². The molecule has 0 heterocycles. The molecule has 1 atom stereocenters. The number of carbonyl (C=O) groups is 1. The van der Waals surface area contributed by atoms with E-state index in [9.17, 15) is 4.79 Å². The minimum absolute atomic E-state index is 0.129. The maximum absolute atomic E-state index is 11.4. The van der Waals surface area contributed by atoms with Gasteiger partial charge in [-0.15, -0.1) is 0 Å². The molecular weight excluding hydrogens is 400 g/mol. The molecule has 0 spiro atoms. The third-order valence-electron chi connectivity index (χ3n) is 5.63. The fourth-order valence-corrected chi connectivity index (χ4v) is 3.57. The van der Waals surface area contributed by atoms with Crippen LogP contribution in [0.1, 0.15) is 123 Å². The van der Waals surface area contributed by atoms with Crippen LogP contribution in [0.2, 0.25) is 0 Å². The summed E-state index contributed by atoms with van der Waals surface area (Å²) < 4.78 is 4.86. The molecule has 0 aliphatic heterocycles. The molecule has 0 saturated heterocycles. The number of carbonyl (C=O) groups excluding carboxylic acids is 1. The maximum Gasteiger partial charge on any atom is 0.305 e. The molecule has 0 aromatic heterocycles. The Kier molecular flexibility index (Phi) is 23.6. The van der Waals surface area contributed by atoms with Crippen LogP contribution in [-0.2, 0) is 9.53 Å². The lowest BCUT2D eigenvalue weighted by Gasteiger charge is -2.07. The fraction of sp³-hybridized carbons (Fsp3) is 0.821. The number of aliphatic hydroxyl groups is 2. The summed E-state index contributed by atoms with van der Waals surface area (Å²) in [7, 11) is 0. The predicted octanol–water partition coefficient (Wildman–Crippen LogP) is 7.28. The van der Waals surface area contributed by atoms with E-state index in [1.54, 1.807) is 0 Å². The van der Waals surface area contributed by atoms with Gasteiger partial charge in [-0.05, 0) is 44.4 Å². The van der Waals surface area contributed by atoms with Gasteiger partial charge < -0.3 is 14.9 Å². The van der Waals surface area contributed by atoms with Crippen molar-refractivity contribution in [3.63, 3.8) is 0 Å². The lowest BCUT2D eigenvalue weighted by atomic mass is 10.0. The van der Waals surface area contributed by atoms with Crippen LogP contribution in [-0.4, -0.2) is 35.5 Å². The molecule has 0 unspecified atom stereocenters. The zero-order valence-electron chi connectivity index (χ0n) is 21.1. The number of aliphatic hydroxyl groups excluding tert-OH is 2. The summed E-state index contributed by atoms with van der Waals surface area (Å²) in [5.41, 5.74) is 0. The van der Waals surface area contributed by atoms with Crippen molar-refractivity contribution in [1.82, 2.24) is 0 Å². The molecule has 0 radical (unpaired) electrons. The minimum Gasteiger partial charge on any atom is -0.463 e. The van der Waals surface area contributed by atoms with Gasteiger partial charge >= 0.3 is 5.97 Å². The Morgan fingerprint density at radius 3 is 1.72 bits per heavy atom. The molecule has 0 amide bonds. The maximum atomic E-state index is 11.4. The summed E-state index contributed by atoms with van der Waals surface area (Å²) in [6.45, 7) is 4.12. The second-order valence-electron chi connectivity index (χ2n) is 9.44. The molecule has 32 heavy (non-hydrogen) atoms. The molecule has 0 aromatic carbocycles. The zero-order chi connectivity index (χ0) is 23.7. The van der Waals surface area contributed by atoms with Crippen LogP contribution in [0.25, 0.3) is 0 Å². The summed E-state index contributed by atoms with van der Waals surface area (Å²) in [5, 5.41) is 17.8. The van der Waals surface area contributed by atoms with Crippen LogP contribution < -0.4 is 0 Å². The summed E-state index contributed by atoms with van der Waals surface area (Å²) in [5.74, 6) is 0.547. The lowest BCUT2D eigenvalue weighted by Crippen LogP contribution is -2.21. The van der Waals surface area contributed by atoms with Crippen molar-refractivity contribution in [3.05, 3.63) is 24.3 Å². The van der Waals surface area contributed by atoms with Gasteiger partial charge in [-0.3, -0.25) is 4.79 Å². The van der Waals surface area contributed by atoms with E-state index in [1.165, 1.54) is 77.0 Å². The van der Waals surface area contributed by atoms with E-state index >= 15 is 0 Å². The van der Waals surface area contributed by atoms with Crippen LogP contribution in [0.4, 0.5) is 0 Å². The number of esters is 1. The number of hydrogen-bond acceptors (Lipinski definition) is 4. The predicted molar refractivity (Wildman–Crippen MR) is 136 cm³/mol. The molecule has 0 aliphatic rings. The second-order valence-corrected chi connectivity index (χ2v) is 9.44. The second kappa shape index (κ2) is 24.5. The van der Waals surface area contributed by atoms with Gasteiger partial charge in [0.1, 0.15) is 12.7 Å². The Labute approximate surface area is 198 Å². The van der Waals surface area contributed by atoms with Crippen molar-refractivity contribution in [2.45, 2.75) is 129 Å². The molecule has 0 rings (SSSR count). The molecule has 0 bridgehead atoms. The summed E-state index contributed by atoms with van der Waals surface area (Å²) in [6, 6.07) is 0. The highest BCUT2D eigenvalue weighted by Crippen LogP contribution is 2.14. The molecular formula is C28H52O4. The first-order chi connectivity index (χ1) is 15.6. The Morgan fingerprint density at radius 2 is 1.19 bits per heavy atom. The van der Waals surface area contributed by atoms with Crippen molar-refractivity contribution in [2.24, 2.45) is 5.92 Å². The molecule has 0 aliphatic carbocycles. The highest BCUT2D eigenvalue weighted by Gasteiger charge is 2.06. The van der Waals surface area contributed by atoms with Crippen molar-refractivity contribution in [3.8, 4) is 0 Å². The largest absolute Gasteiger partial charge is 0.463 e. The number of unbranched alkanes of at least 4 members (excludes halogenated alkanes) is 12. The van der Waals surface area contributed by atoms with Gasteiger partial charge in [0.25, 0.3) is 0 Å². The molecule has 0 aromatic rings. The first kappa shape index (κ1) is 30.9. The van der Waals surface area contributed by atoms with Gasteiger partial charge in [-0.1, -0.05) is 102 Å². The van der Waals surface area contributed by atoms with Gasteiger partial charge in [0.2, 0.25) is 0 Å². The van der Waals surface area contributed by atoms with Gasteiger partial charge in [0.05, 0.1) is 6.61 Å². The monoisotopic (exact) mass is 452 g/mol. The van der Waals surface area contributed by atoms with Gasteiger partial charge in [0, 0.05) is 6.42 Å². The van der Waals surface area contributed by atoms with Crippen molar-refractivity contribution >= 4 is 5.97 Å². The average molecular weight is 453 g/mol. The average Bonchev–Trinajstić information content (AvgIpc) is 2.78. The topological polar surface area (TPSA) is 66.8 Å². The summed E-state index contributed by atoms with van der Waals surface area (Å²) in [4.78, 5) is 11.4. The van der Waals surface area contributed by atoms with Crippen LogP contribution >= 0.6 is 0 Å². The summed E-state index contributed by atoms with van der Waals surface area (Å²) >= 11 is 0. The van der Waals surface area contributed by atoms with E-state index in [1.807, 2.05) is 0 Å². The minimum atomic E-state index is -0.976. The summed E-state index contributed by atoms with van der Waals surface area (Å²) in [6.07, 6.45) is 28.6. The number of hydrogen-bond donors (Lipinski definition) is 2. The van der Waals surface area contributed by atoms with Crippen LogP contribution in [0.5, 0.6) is 0 Å². The molecule has 4 heteroatoms. The molecule has 4 nitrogen and oxygen atoms in total. The Balaban J connectivity index is 3.28. The highest BCUT2D eigenvalue weighted by atomic mass is 16.5. The van der Waals surface area contributed by atoms with Crippen LogP contribution in [0, 0.1) is 5.92 Å². The first-order valence-corrected chi connectivity index (χ1v) is 13.3. The van der Waals surface area contributed by atoms with Gasteiger partial charge in [0.15, 0.2) is 0 Å². The Bertz CT molecular complexity index is 456. The normalized spacial score (nSPS) is 12.9. The zero-order valence-corrected chi connectivity index (χ0v) is 21.1. The molecule has 2 N–H and O–H groups in total.